The van der Waals surface area contributed by atoms with Gasteiger partial charge in [0.25, 0.3) is 11.6 Å². The minimum absolute atomic E-state index is 0.0786. The average molecular weight is 353 g/mol. The van der Waals surface area contributed by atoms with Crippen molar-refractivity contribution < 1.29 is 24.4 Å². The molecule has 1 amide bonds. The molecule has 1 saturated heterocycles. The molecule has 0 bridgehead atoms. The summed E-state index contributed by atoms with van der Waals surface area (Å²) in [5.41, 5.74) is 0.151. The molecule has 1 aromatic rings. The fourth-order valence-electron chi connectivity index (χ4n) is 1.85. The highest BCUT2D eigenvalue weighted by molar-refractivity contribution is 8.26. The molecule has 0 atom stereocenters. The van der Waals surface area contributed by atoms with Crippen LogP contribution in [0.2, 0.25) is 0 Å². The Kier molecular flexibility index (Phi) is 4.96. The molecule has 23 heavy (non-hydrogen) atoms. The number of thioether (sulfide) groups is 1. The number of aliphatic carboxylic acids is 1. The van der Waals surface area contributed by atoms with Crippen molar-refractivity contribution in [3.8, 4) is 5.75 Å². The number of nitro groups is 1. The topological polar surface area (TPSA) is 113 Å². The molecule has 1 aliphatic heterocycles. The van der Waals surface area contributed by atoms with Crippen LogP contribution in [-0.4, -0.2) is 39.7 Å². The minimum atomic E-state index is -1.43. The standard InChI is InChI=1S/C13H10N2O6S2/c1-21-9-3-2-8(15(19)20)4-7(9)5-10-12(18)14(6-11(16)17)13(22)23-10/h2-5H,6H2,1H3,(H,16,17)/p-1/b10-5+. The van der Waals surface area contributed by atoms with E-state index in [0.29, 0.717) is 11.3 Å². The first-order valence-corrected chi connectivity index (χ1v) is 7.33. The number of amides is 1. The van der Waals surface area contributed by atoms with Gasteiger partial charge in [0.15, 0.2) is 0 Å². The summed E-state index contributed by atoms with van der Waals surface area (Å²) in [5.74, 6) is -1.70. The molecule has 1 aromatic carbocycles. The maximum Gasteiger partial charge on any atom is 0.270 e. The van der Waals surface area contributed by atoms with Crippen LogP contribution in [0.5, 0.6) is 5.75 Å². The number of carbonyl (C=O) groups is 2. The van der Waals surface area contributed by atoms with Crippen molar-refractivity contribution in [3.05, 3.63) is 38.8 Å². The molecule has 8 nitrogen and oxygen atoms in total. The highest BCUT2D eigenvalue weighted by Crippen LogP contribution is 2.35. The third kappa shape index (κ3) is 3.66. The van der Waals surface area contributed by atoms with Gasteiger partial charge in [-0.25, -0.2) is 0 Å². The van der Waals surface area contributed by atoms with Crippen LogP contribution in [0.25, 0.3) is 6.08 Å². The number of hydrogen-bond donors (Lipinski definition) is 0. The van der Waals surface area contributed by atoms with Gasteiger partial charge in [0.1, 0.15) is 10.1 Å². The molecule has 0 spiro atoms. The summed E-state index contributed by atoms with van der Waals surface area (Å²) < 4.78 is 5.18. The van der Waals surface area contributed by atoms with E-state index in [1.54, 1.807) is 0 Å². The largest absolute Gasteiger partial charge is 0.548 e. The zero-order valence-corrected chi connectivity index (χ0v) is 13.3. The SMILES string of the molecule is COc1ccc([N+](=O)[O-])cc1/C=C1/SC(=S)N(CC(=O)[O-])C1=O. The third-order valence-corrected chi connectivity index (χ3v) is 4.25. The van der Waals surface area contributed by atoms with Gasteiger partial charge in [0.05, 0.1) is 29.5 Å². The van der Waals surface area contributed by atoms with Gasteiger partial charge in [-0.1, -0.05) is 24.0 Å². The first-order chi connectivity index (χ1) is 10.8. The van der Waals surface area contributed by atoms with Crippen LogP contribution in [0.15, 0.2) is 23.1 Å². The number of carbonyl (C=O) groups excluding carboxylic acids is 2. The number of carboxylic acid groups (broad SMARTS) is 1. The number of ether oxygens (including phenoxy) is 1. The molecule has 0 unspecified atom stereocenters. The number of rotatable bonds is 5. The quantitative estimate of drug-likeness (QED) is 0.326. The first kappa shape index (κ1) is 16.9. The summed E-state index contributed by atoms with van der Waals surface area (Å²) in [6.07, 6.45) is 1.38. The van der Waals surface area contributed by atoms with E-state index < -0.39 is 23.3 Å². The molecule has 0 radical (unpaired) electrons. The summed E-state index contributed by atoms with van der Waals surface area (Å²) >= 11 is 5.86. The lowest BCUT2D eigenvalue weighted by molar-refractivity contribution is -0.384. The van der Waals surface area contributed by atoms with Gasteiger partial charge >= 0.3 is 0 Å². The predicted molar refractivity (Wildman–Crippen MR) is 84.5 cm³/mol. The molecule has 1 heterocycles. The zero-order valence-electron chi connectivity index (χ0n) is 11.7. The van der Waals surface area contributed by atoms with Crippen molar-refractivity contribution in [2.24, 2.45) is 0 Å². The Balaban J connectivity index is 2.40. The van der Waals surface area contributed by atoms with Crippen LogP contribution in [0.1, 0.15) is 5.56 Å². The van der Waals surface area contributed by atoms with Gasteiger partial charge < -0.3 is 14.6 Å². The Bertz CT molecular complexity index is 746. The van der Waals surface area contributed by atoms with E-state index in [-0.39, 0.29) is 14.9 Å². The normalized spacial score (nSPS) is 16.0. The minimum Gasteiger partial charge on any atom is -0.548 e. The highest BCUT2D eigenvalue weighted by atomic mass is 32.2. The lowest BCUT2D eigenvalue weighted by Crippen LogP contribution is -2.40. The molecular formula is C13H9N2O6S2-. The van der Waals surface area contributed by atoms with E-state index in [4.69, 9.17) is 17.0 Å². The van der Waals surface area contributed by atoms with E-state index in [0.717, 1.165) is 16.7 Å². The summed E-state index contributed by atoms with van der Waals surface area (Å²) in [4.78, 5) is 34.1. The number of thiocarbonyl (C=S) groups is 1. The van der Waals surface area contributed by atoms with Crippen LogP contribution in [0.3, 0.4) is 0 Å². The lowest BCUT2D eigenvalue weighted by atomic mass is 10.1. The first-order valence-electron chi connectivity index (χ1n) is 6.11. The number of nitrogens with zero attached hydrogens (tertiary/aromatic N) is 2. The van der Waals surface area contributed by atoms with E-state index >= 15 is 0 Å². The molecule has 0 aliphatic carbocycles. The summed E-state index contributed by atoms with van der Waals surface area (Å²) in [6.45, 7) is -0.645. The second-order valence-corrected chi connectivity index (χ2v) is 6.00. The maximum atomic E-state index is 12.2. The number of nitro benzene ring substituents is 1. The van der Waals surface area contributed by atoms with Crippen molar-refractivity contribution in [2.75, 3.05) is 13.7 Å². The van der Waals surface area contributed by atoms with Crippen LogP contribution >= 0.6 is 24.0 Å². The number of benzene rings is 1. The number of hydrogen-bond acceptors (Lipinski definition) is 8. The molecule has 0 saturated carbocycles. The van der Waals surface area contributed by atoms with E-state index in [2.05, 4.69) is 0 Å². The van der Waals surface area contributed by atoms with Gasteiger partial charge in [0.2, 0.25) is 0 Å². The summed E-state index contributed by atoms with van der Waals surface area (Å²) in [7, 11) is 1.39. The van der Waals surface area contributed by atoms with Crippen molar-refractivity contribution in [1.29, 1.82) is 0 Å². The van der Waals surface area contributed by atoms with Crippen LogP contribution < -0.4 is 9.84 Å². The van der Waals surface area contributed by atoms with Crippen LogP contribution in [-0.2, 0) is 9.59 Å². The summed E-state index contributed by atoms with van der Waals surface area (Å²) in [5, 5.41) is 21.5. The van der Waals surface area contributed by atoms with Gasteiger partial charge in [0, 0.05) is 17.7 Å². The van der Waals surface area contributed by atoms with Gasteiger partial charge in [-0.15, -0.1) is 0 Å². The smallest absolute Gasteiger partial charge is 0.270 e. The monoisotopic (exact) mass is 353 g/mol. The Labute approximate surface area is 139 Å². The Morgan fingerprint density at radius 3 is 2.78 bits per heavy atom. The van der Waals surface area contributed by atoms with Crippen molar-refractivity contribution in [2.45, 2.75) is 0 Å². The molecule has 0 aromatic heterocycles. The van der Waals surface area contributed by atoms with E-state index in [1.165, 1.54) is 31.4 Å². The number of non-ortho nitro benzene ring substituents is 1. The van der Waals surface area contributed by atoms with Crippen LogP contribution in [0, 0.1) is 10.1 Å². The zero-order chi connectivity index (χ0) is 17.1. The second-order valence-electron chi connectivity index (χ2n) is 4.32. The second kappa shape index (κ2) is 6.75. The molecule has 120 valence electrons. The molecular weight excluding hydrogens is 344 g/mol. The van der Waals surface area contributed by atoms with Crippen LogP contribution in [0.4, 0.5) is 5.69 Å². The Hall–Kier alpha value is -2.46. The fourth-order valence-corrected chi connectivity index (χ4v) is 3.10. The van der Waals surface area contributed by atoms with E-state index in [9.17, 15) is 24.8 Å². The highest BCUT2D eigenvalue weighted by Gasteiger charge is 2.32. The Morgan fingerprint density at radius 2 is 2.22 bits per heavy atom. The molecule has 2 rings (SSSR count). The molecule has 0 N–H and O–H groups in total. The third-order valence-electron chi connectivity index (χ3n) is 2.87. The molecule has 1 aliphatic rings. The predicted octanol–water partition coefficient (Wildman–Crippen LogP) is 0.554. The maximum absolute atomic E-state index is 12.2. The van der Waals surface area contributed by atoms with Gasteiger partial charge in [-0.3, -0.25) is 19.8 Å². The van der Waals surface area contributed by atoms with E-state index in [1.807, 2.05) is 0 Å². The molecule has 1 fully saturated rings. The fraction of sp³-hybridized carbons (Fsp3) is 0.154. The molecule has 10 heteroatoms. The summed E-state index contributed by atoms with van der Waals surface area (Å²) in [6, 6.07) is 3.94. The van der Waals surface area contributed by atoms with Crippen molar-refractivity contribution in [1.82, 2.24) is 4.90 Å². The van der Waals surface area contributed by atoms with Gasteiger partial charge in [-0.2, -0.15) is 0 Å². The average Bonchev–Trinajstić information content (AvgIpc) is 2.74. The van der Waals surface area contributed by atoms with Crippen molar-refractivity contribution >= 4 is 51.9 Å². The Morgan fingerprint density at radius 1 is 1.52 bits per heavy atom. The lowest BCUT2D eigenvalue weighted by Gasteiger charge is -2.14. The number of methoxy groups -OCH3 is 1. The number of carboxylic acids is 1. The van der Waals surface area contributed by atoms with Gasteiger partial charge in [-0.05, 0) is 12.1 Å². The van der Waals surface area contributed by atoms with Crippen molar-refractivity contribution in [3.63, 3.8) is 0 Å².